The summed E-state index contributed by atoms with van der Waals surface area (Å²) in [4.78, 5) is 32.8. The van der Waals surface area contributed by atoms with Crippen LogP contribution in [0.4, 0.5) is 0 Å². The number of nitrogens with zero attached hydrogens (tertiary/aromatic N) is 3. The van der Waals surface area contributed by atoms with Crippen molar-refractivity contribution >= 4 is 40.6 Å². The second kappa shape index (κ2) is 8.08. The molecule has 1 aromatic carbocycles. The number of halogens is 2. The lowest BCUT2D eigenvalue weighted by atomic mass is 10.0. The number of likely N-dealkylation sites (N-methyl/N-ethyl adjacent to an activating group) is 1. The first-order chi connectivity index (χ1) is 12.9. The van der Waals surface area contributed by atoms with Gasteiger partial charge in [-0.05, 0) is 29.8 Å². The highest BCUT2D eigenvalue weighted by Gasteiger charge is 2.41. The topological polar surface area (TPSA) is 73.7 Å². The molecule has 0 spiro atoms. The Kier molecular flexibility index (Phi) is 5.79. The maximum Gasteiger partial charge on any atom is 0.278 e. The predicted octanol–water partition coefficient (Wildman–Crippen LogP) is 2.59. The predicted molar refractivity (Wildman–Crippen MR) is 103 cm³/mol. The molecule has 2 amide bonds. The second-order valence-electron chi connectivity index (χ2n) is 6.04. The Bertz CT molecular complexity index is 916. The first kappa shape index (κ1) is 19.4. The Morgan fingerprint density at radius 2 is 1.81 bits per heavy atom. The number of carbonyl (C=O) groups excluding carboxylic acids is 2. The molecule has 140 valence electrons. The summed E-state index contributed by atoms with van der Waals surface area (Å²) in [5.41, 5.74) is 1.61. The van der Waals surface area contributed by atoms with Crippen LogP contribution >= 0.6 is 23.2 Å². The lowest BCUT2D eigenvalue weighted by molar-refractivity contribution is -0.138. The lowest BCUT2D eigenvalue weighted by Crippen LogP contribution is -2.34. The van der Waals surface area contributed by atoms with E-state index in [2.05, 4.69) is 4.98 Å². The van der Waals surface area contributed by atoms with Crippen molar-refractivity contribution in [2.75, 3.05) is 20.2 Å². The van der Waals surface area contributed by atoms with Gasteiger partial charge in [0.1, 0.15) is 5.70 Å². The van der Waals surface area contributed by atoms with Gasteiger partial charge in [-0.25, -0.2) is 0 Å². The molecular formula is C19H17Cl2N3O3. The molecule has 0 radical (unpaired) electrons. The van der Waals surface area contributed by atoms with Gasteiger partial charge < -0.3 is 10.0 Å². The van der Waals surface area contributed by atoms with E-state index >= 15 is 0 Å². The molecule has 0 bridgehead atoms. The molecule has 0 aliphatic carbocycles. The van der Waals surface area contributed by atoms with E-state index in [9.17, 15) is 14.7 Å². The van der Waals surface area contributed by atoms with E-state index in [1.807, 2.05) is 0 Å². The number of pyridine rings is 1. The summed E-state index contributed by atoms with van der Waals surface area (Å²) in [7, 11) is 1.65. The van der Waals surface area contributed by atoms with E-state index in [4.69, 9.17) is 23.2 Å². The Hall–Kier alpha value is -2.41. The molecule has 0 saturated heterocycles. The van der Waals surface area contributed by atoms with Crippen molar-refractivity contribution in [2.45, 2.75) is 6.54 Å². The van der Waals surface area contributed by atoms with Crippen LogP contribution < -0.4 is 0 Å². The zero-order valence-corrected chi connectivity index (χ0v) is 16.0. The highest BCUT2D eigenvalue weighted by Crippen LogP contribution is 2.36. The Balaban J connectivity index is 2.07. The van der Waals surface area contributed by atoms with Gasteiger partial charge in [0.15, 0.2) is 0 Å². The van der Waals surface area contributed by atoms with Crippen LogP contribution in [-0.4, -0.2) is 51.9 Å². The molecule has 0 atom stereocenters. The quantitative estimate of drug-likeness (QED) is 0.747. The van der Waals surface area contributed by atoms with Crippen molar-refractivity contribution < 1.29 is 14.7 Å². The van der Waals surface area contributed by atoms with Gasteiger partial charge in [-0.15, -0.1) is 0 Å². The monoisotopic (exact) mass is 405 g/mol. The molecule has 1 aromatic heterocycles. The molecule has 6 nitrogen and oxygen atoms in total. The van der Waals surface area contributed by atoms with E-state index < -0.39 is 11.8 Å². The standard InChI is InChI=1S/C19H17Cl2N3O3/c1-23(8-9-25)17-16(14-3-2-13(20)10-15(14)21)18(26)24(19(17)27)11-12-4-6-22-7-5-12/h2-7,10,25H,8-9,11H2,1H3. The van der Waals surface area contributed by atoms with Crippen LogP contribution in [-0.2, 0) is 16.1 Å². The van der Waals surface area contributed by atoms with Crippen molar-refractivity contribution in [1.29, 1.82) is 0 Å². The van der Waals surface area contributed by atoms with Crippen molar-refractivity contribution in [2.24, 2.45) is 0 Å². The fraction of sp³-hybridized carbons (Fsp3) is 0.211. The Morgan fingerprint density at radius 1 is 1.11 bits per heavy atom. The first-order valence-corrected chi connectivity index (χ1v) is 8.96. The maximum atomic E-state index is 13.1. The number of carbonyl (C=O) groups is 2. The SMILES string of the molecule is CN(CCO)C1=C(c2ccc(Cl)cc2Cl)C(=O)N(Cc2ccncc2)C1=O. The van der Waals surface area contributed by atoms with Crippen molar-refractivity contribution in [3.8, 4) is 0 Å². The molecule has 1 N–H and O–H groups in total. The van der Waals surface area contributed by atoms with E-state index in [1.54, 1.807) is 48.6 Å². The van der Waals surface area contributed by atoms with E-state index in [-0.39, 0.29) is 36.0 Å². The molecule has 1 aliphatic rings. The average Bonchev–Trinajstić information content (AvgIpc) is 2.88. The fourth-order valence-electron chi connectivity index (χ4n) is 2.93. The molecule has 1 aliphatic heterocycles. The van der Waals surface area contributed by atoms with Crippen LogP contribution in [0, 0.1) is 0 Å². The minimum absolute atomic E-state index is 0.116. The third-order valence-corrected chi connectivity index (χ3v) is 4.80. The lowest BCUT2D eigenvalue weighted by Gasteiger charge is -2.20. The number of imide groups is 1. The van der Waals surface area contributed by atoms with Crippen LogP contribution in [0.1, 0.15) is 11.1 Å². The Morgan fingerprint density at radius 3 is 2.44 bits per heavy atom. The van der Waals surface area contributed by atoms with Gasteiger partial charge in [-0.2, -0.15) is 0 Å². The molecule has 27 heavy (non-hydrogen) atoms. The van der Waals surface area contributed by atoms with Crippen LogP contribution in [0.3, 0.4) is 0 Å². The average molecular weight is 406 g/mol. The molecule has 0 fully saturated rings. The summed E-state index contributed by atoms with van der Waals surface area (Å²) in [5.74, 6) is -0.880. The minimum atomic E-state index is -0.444. The summed E-state index contributed by atoms with van der Waals surface area (Å²) in [6.07, 6.45) is 3.20. The van der Waals surface area contributed by atoms with Gasteiger partial charge in [0.2, 0.25) is 0 Å². The van der Waals surface area contributed by atoms with Crippen molar-refractivity contribution in [1.82, 2.24) is 14.8 Å². The molecule has 2 aromatic rings. The Labute approximate surface area is 166 Å². The number of hydrogen-bond donors (Lipinski definition) is 1. The second-order valence-corrected chi connectivity index (χ2v) is 6.89. The third-order valence-electron chi connectivity index (χ3n) is 4.25. The van der Waals surface area contributed by atoms with Gasteiger partial charge >= 0.3 is 0 Å². The van der Waals surface area contributed by atoms with Crippen LogP contribution in [0.15, 0.2) is 48.4 Å². The fourth-order valence-corrected chi connectivity index (χ4v) is 3.43. The zero-order valence-electron chi connectivity index (χ0n) is 14.5. The maximum absolute atomic E-state index is 13.1. The van der Waals surface area contributed by atoms with Gasteiger partial charge in [0.05, 0.1) is 23.7 Å². The first-order valence-electron chi connectivity index (χ1n) is 8.20. The number of aliphatic hydroxyl groups excluding tert-OH is 1. The molecule has 2 heterocycles. The van der Waals surface area contributed by atoms with E-state index in [0.717, 1.165) is 5.56 Å². The van der Waals surface area contributed by atoms with Crippen LogP contribution in [0.25, 0.3) is 5.57 Å². The van der Waals surface area contributed by atoms with Gasteiger partial charge in [-0.3, -0.25) is 19.5 Å². The number of aromatic nitrogens is 1. The van der Waals surface area contributed by atoms with E-state index in [0.29, 0.717) is 10.6 Å². The number of rotatable bonds is 6. The van der Waals surface area contributed by atoms with Crippen molar-refractivity contribution in [3.05, 3.63) is 69.6 Å². The summed E-state index contributed by atoms with van der Waals surface area (Å²) in [5, 5.41) is 9.98. The smallest absolute Gasteiger partial charge is 0.278 e. The molecule has 3 rings (SSSR count). The highest BCUT2D eigenvalue weighted by molar-refractivity contribution is 6.41. The highest BCUT2D eigenvalue weighted by atomic mass is 35.5. The molecular weight excluding hydrogens is 389 g/mol. The number of benzene rings is 1. The summed E-state index contributed by atoms with van der Waals surface area (Å²) in [6, 6.07) is 8.24. The normalized spacial score (nSPS) is 14.3. The summed E-state index contributed by atoms with van der Waals surface area (Å²) < 4.78 is 0. The van der Waals surface area contributed by atoms with Gasteiger partial charge in [0.25, 0.3) is 11.8 Å². The molecule has 0 saturated carbocycles. The third kappa shape index (κ3) is 3.83. The number of amides is 2. The number of hydrogen-bond acceptors (Lipinski definition) is 5. The van der Waals surface area contributed by atoms with Crippen LogP contribution in [0.2, 0.25) is 10.0 Å². The molecule has 8 heteroatoms. The number of aliphatic hydroxyl groups is 1. The summed E-state index contributed by atoms with van der Waals surface area (Å²) >= 11 is 12.3. The van der Waals surface area contributed by atoms with Gasteiger partial charge in [-0.1, -0.05) is 29.3 Å². The minimum Gasteiger partial charge on any atom is -0.395 e. The van der Waals surface area contributed by atoms with Crippen molar-refractivity contribution in [3.63, 3.8) is 0 Å². The largest absolute Gasteiger partial charge is 0.395 e. The van der Waals surface area contributed by atoms with Crippen LogP contribution in [0.5, 0.6) is 0 Å². The zero-order chi connectivity index (χ0) is 19.6. The molecule has 0 unspecified atom stereocenters. The van der Waals surface area contributed by atoms with Gasteiger partial charge in [0, 0.05) is 36.6 Å². The van der Waals surface area contributed by atoms with E-state index in [1.165, 1.54) is 11.0 Å². The summed E-state index contributed by atoms with van der Waals surface area (Å²) in [6.45, 7) is 0.158.